The molecule has 0 saturated carbocycles. The second-order valence-electron chi connectivity index (χ2n) is 9.94. The molecule has 187 valence electrons. The molecule has 3 nitrogen and oxygen atoms in total. The third-order valence-electron chi connectivity index (χ3n) is 7.03. The predicted octanol–water partition coefficient (Wildman–Crippen LogP) is 8.99. The molecule has 0 amide bonds. The second kappa shape index (κ2) is 20.7. The molecule has 0 aromatic heterocycles. The van der Waals surface area contributed by atoms with Crippen LogP contribution in [0.3, 0.4) is 0 Å². The number of hydrogen-bond acceptors (Lipinski definition) is 3. The van der Waals surface area contributed by atoms with Crippen molar-refractivity contribution in [3.63, 3.8) is 0 Å². The van der Waals surface area contributed by atoms with Gasteiger partial charge in [0.05, 0.1) is 0 Å². The number of unbranched alkanes of at least 4 members (excludes halogenated alkanes) is 13. The van der Waals surface area contributed by atoms with Crippen LogP contribution in [0.25, 0.3) is 0 Å². The van der Waals surface area contributed by atoms with Crippen LogP contribution in [0.4, 0.5) is 0 Å². The highest BCUT2D eigenvalue weighted by molar-refractivity contribution is 6.60. The van der Waals surface area contributed by atoms with Gasteiger partial charge in [-0.05, 0) is 24.2 Å². The van der Waals surface area contributed by atoms with Gasteiger partial charge in [-0.2, -0.15) is 0 Å². The Balaban J connectivity index is 3.65. The topological polar surface area (TPSA) is 27.7 Å². The van der Waals surface area contributed by atoms with E-state index in [1.165, 1.54) is 96.3 Å². The van der Waals surface area contributed by atoms with Crippen molar-refractivity contribution in [3.8, 4) is 0 Å². The Morgan fingerprint density at radius 1 is 0.645 bits per heavy atom. The summed E-state index contributed by atoms with van der Waals surface area (Å²) >= 11 is 0. The molecule has 2 atom stereocenters. The second-order valence-corrected chi connectivity index (χ2v) is 12.9. The summed E-state index contributed by atoms with van der Waals surface area (Å²) in [5, 5.41) is 0. The van der Waals surface area contributed by atoms with E-state index < -0.39 is 8.80 Å². The van der Waals surface area contributed by atoms with Gasteiger partial charge >= 0.3 is 8.80 Å². The molecule has 1 radical (unpaired) electrons. The van der Waals surface area contributed by atoms with E-state index in [0.717, 1.165) is 12.5 Å². The minimum Gasteiger partial charge on any atom is -0.377 e. The van der Waals surface area contributed by atoms with Gasteiger partial charge in [0.25, 0.3) is 0 Å². The van der Waals surface area contributed by atoms with Crippen molar-refractivity contribution in [2.24, 2.45) is 11.8 Å². The molecule has 0 spiro atoms. The minimum absolute atomic E-state index is 0.533. The van der Waals surface area contributed by atoms with Crippen molar-refractivity contribution in [1.29, 1.82) is 0 Å². The summed E-state index contributed by atoms with van der Waals surface area (Å²) in [7, 11) is 2.67. The summed E-state index contributed by atoms with van der Waals surface area (Å²) in [4.78, 5) is 0. The summed E-state index contributed by atoms with van der Waals surface area (Å²) in [5.74, 6) is 2.86. The zero-order chi connectivity index (χ0) is 23.4. The number of hydrogen-bond donors (Lipinski definition) is 0. The molecule has 0 fully saturated rings. The predicted molar refractivity (Wildman–Crippen MR) is 138 cm³/mol. The maximum absolute atomic E-state index is 5.59. The van der Waals surface area contributed by atoms with Crippen LogP contribution in [0.2, 0.25) is 6.04 Å². The maximum atomic E-state index is 5.59. The third kappa shape index (κ3) is 16.4. The van der Waals surface area contributed by atoms with Gasteiger partial charge in [-0.15, -0.1) is 0 Å². The van der Waals surface area contributed by atoms with E-state index in [9.17, 15) is 0 Å². The van der Waals surface area contributed by atoms with E-state index in [0.29, 0.717) is 11.8 Å². The molecule has 31 heavy (non-hydrogen) atoms. The Morgan fingerprint density at radius 3 is 1.42 bits per heavy atom. The highest BCUT2D eigenvalue weighted by Gasteiger charge is 2.39. The molecule has 0 aliphatic rings. The highest BCUT2D eigenvalue weighted by atomic mass is 28.4. The highest BCUT2D eigenvalue weighted by Crippen LogP contribution is 2.31. The summed E-state index contributed by atoms with van der Waals surface area (Å²) < 4.78 is 16.8. The quantitative estimate of drug-likeness (QED) is 0.113. The molecule has 0 aliphatic heterocycles. The first kappa shape index (κ1) is 31.1. The average Bonchev–Trinajstić information content (AvgIpc) is 2.77. The SMILES string of the molecule is CCCCCCCCCCCCCCCCC(C)[C](C)CC(C)C[Si](OC)(OC)OC. The van der Waals surface area contributed by atoms with Crippen molar-refractivity contribution in [2.75, 3.05) is 21.3 Å². The summed E-state index contributed by atoms with van der Waals surface area (Å²) in [6, 6.07) is 0.888. The molecule has 2 unspecified atom stereocenters. The molecule has 0 bridgehead atoms. The molecule has 0 aromatic rings. The first-order valence-electron chi connectivity index (χ1n) is 13.4. The van der Waals surface area contributed by atoms with Gasteiger partial charge in [0.2, 0.25) is 0 Å². The van der Waals surface area contributed by atoms with Gasteiger partial charge in [0.15, 0.2) is 0 Å². The van der Waals surface area contributed by atoms with E-state index in [1.54, 1.807) is 27.2 Å². The summed E-state index contributed by atoms with van der Waals surface area (Å²) in [6.07, 6.45) is 22.5. The van der Waals surface area contributed by atoms with Gasteiger partial charge in [-0.3, -0.25) is 0 Å². The zero-order valence-corrected chi connectivity index (χ0v) is 23.4. The lowest BCUT2D eigenvalue weighted by molar-refractivity contribution is 0.118. The Labute approximate surface area is 197 Å². The normalized spacial score (nSPS) is 14.3. The molecule has 0 rings (SSSR count). The lowest BCUT2D eigenvalue weighted by Crippen LogP contribution is -2.44. The monoisotopic (exact) mass is 457 g/mol. The van der Waals surface area contributed by atoms with Gasteiger partial charge in [0.1, 0.15) is 0 Å². The molecule has 4 heteroatoms. The smallest absolute Gasteiger partial charge is 0.377 e. The van der Waals surface area contributed by atoms with Gasteiger partial charge in [0, 0.05) is 27.4 Å². The van der Waals surface area contributed by atoms with E-state index in [4.69, 9.17) is 13.3 Å². The lowest BCUT2D eigenvalue weighted by Gasteiger charge is -2.29. The molecule has 0 aliphatic carbocycles. The maximum Gasteiger partial charge on any atom is 0.500 e. The van der Waals surface area contributed by atoms with Crippen LogP contribution in [0.15, 0.2) is 0 Å². The fourth-order valence-electron chi connectivity index (χ4n) is 4.64. The van der Waals surface area contributed by atoms with E-state index in [2.05, 4.69) is 27.7 Å². The lowest BCUT2D eigenvalue weighted by atomic mass is 9.85. The molecular formula is C27H57O3Si. The van der Waals surface area contributed by atoms with E-state index >= 15 is 0 Å². The van der Waals surface area contributed by atoms with Crippen molar-refractivity contribution >= 4 is 8.80 Å². The Hall–Kier alpha value is 0.0969. The molecule has 0 aromatic carbocycles. The van der Waals surface area contributed by atoms with Crippen molar-refractivity contribution in [1.82, 2.24) is 0 Å². The fraction of sp³-hybridized carbons (Fsp3) is 0.963. The molecule has 0 saturated heterocycles. The first-order chi connectivity index (χ1) is 14.9. The summed E-state index contributed by atoms with van der Waals surface area (Å²) in [5.41, 5.74) is 0. The van der Waals surface area contributed by atoms with Crippen LogP contribution in [-0.4, -0.2) is 30.1 Å². The van der Waals surface area contributed by atoms with Crippen molar-refractivity contribution in [2.45, 2.75) is 136 Å². The Morgan fingerprint density at radius 2 is 1.03 bits per heavy atom. The zero-order valence-electron chi connectivity index (χ0n) is 22.4. The van der Waals surface area contributed by atoms with Crippen LogP contribution in [0, 0.1) is 17.8 Å². The summed E-state index contributed by atoms with van der Waals surface area (Å²) in [6.45, 7) is 9.32. The van der Waals surface area contributed by atoms with Crippen LogP contribution >= 0.6 is 0 Å². The van der Waals surface area contributed by atoms with Crippen LogP contribution in [-0.2, 0) is 13.3 Å². The minimum atomic E-state index is -2.46. The molecule has 0 heterocycles. The fourth-order valence-corrected chi connectivity index (χ4v) is 6.64. The van der Waals surface area contributed by atoms with Crippen LogP contribution < -0.4 is 0 Å². The third-order valence-corrected chi connectivity index (χ3v) is 10.1. The van der Waals surface area contributed by atoms with Crippen molar-refractivity contribution < 1.29 is 13.3 Å². The largest absolute Gasteiger partial charge is 0.500 e. The first-order valence-corrected chi connectivity index (χ1v) is 15.4. The van der Waals surface area contributed by atoms with E-state index in [-0.39, 0.29) is 0 Å². The van der Waals surface area contributed by atoms with Gasteiger partial charge < -0.3 is 13.3 Å². The molecular weight excluding hydrogens is 400 g/mol. The van der Waals surface area contributed by atoms with Gasteiger partial charge in [-0.25, -0.2) is 0 Å². The van der Waals surface area contributed by atoms with Crippen LogP contribution in [0.5, 0.6) is 0 Å². The number of rotatable bonds is 23. The van der Waals surface area contributed by atoms with E-state index in [1.807, 2.05) is 0 Å². The molecule has 0 N–H and O–H groups in total. The average molecular weight is 458 g/mol. The van der Waals surface area contributed by atoms with Crippen LogP contribution in [0.1, 0.15) is 130 Å². The Bertz CT molecular complexity index is 365. The van der Waals surface area contributed by atoms with Crippen molar-refractivity contribution in [3.05, 3.63) is 5.92 Å². The standard InChI is InChI=1S/C27H57O3Si/c1-8-9-10-11-12-13-14-15-16-17-18-19-20-21-22-26(3)27(4)23-25(2)24-31(28-5,29-6)30-7/h25-26H,8-24H2,1-7H3. The Kier molecular flexibility index (Phi) is 20.8. The van der Waals surface area contributed by atoms with Gasteiger partial charge in [-0.1, -0.05) is 124 Å².